The fourth-order valence-corrected chi connectivity index (χ4v) is 2.51. The second-order valence-electron chi connectivity index (χ2n) is 4.88. The van der Waals surface area contributed by atoms with Gasteiger partial charge >= 0.3 is 0 Å². The lowest BCUT2D eigenvalue weighted by Gasteiger charge is -2.06. The largest absolute Gasteiger partial charge is 0.495 e. The first-order valence-corrected chi connectivity index (χ1v) is 6.92. The minimum Gasteiger partial charge on any atom is -0.495 e. The van der Waals surface area contributed by atoms with Crippen molar-refractivity contribution >= 4 is 28.9 Å². The van der Waals surface area contributed by atoms with Gasteiger partial charge in [-0.2, -0.15) is 0 Å². The van der Waals surface area contributed by atoms with E-state index in [0.29, 0.717) is 39.5 Å². The smallest absolute Gasteiger partial charge is 0.256 e. The van der Waals surface area contributed by atoms with Crippen LogP contribution in [0.25, 0.3) is 11.6 Å². The Morgan fingerprint density at radius 1 is 1.39 bits per heavy atom. The summed E-state index contributed by atoms with van der Waals surface area (Å²) in [7, 11) is 1.56. The predicted molar refractivity (Wildman–Crippen MR) is 88.7 cm³/mol. The number of carbonyl (C=O) groups excluding carboxylic acids is 1. The van der Waals surface area contributed by atoms with Crippen LogP contribution in [0.4, 0.5) is 11.4 Å². The zero-order valence-corrected chi connectivity index (χ0v) is 12.4. The van der Waals surface area contributed by atoms with Crippen molar-refractivity contribution in [3.8, 4) is 17.6 Å². The number of aliphatic hydroxyl groups excluding tert-OH is 1. The molecular weight excluding hydrogens is 294 g/mol. The molecule has 0 atom stereocenters. The van der Waals surface area contributed by atoms with Crippen molar-refractivity contribution in [3.63, 3.8) is 0 Å². The average Bonchev–Trinajstić information content (AvgIpc) is 3.12. The molecule has 6 heteroatoms. The third-order valence-electron chi connectivity index (χ3n) is 3.54. The first-order valence-electron chi connectivity index (χ1n) is 6.92. The Morgan fingerprint density at radius 3 is 2.96 bits per heavy atom. The van der Waals surface area contributed by atoms with Gasteiger partial charge in [0.15, 0.2) is 0 Å². The van der Waals surface area contributed by atoms with E-state index >= 15 is 0 Å². The van der Waals surface area contributed by atoms with Crippen molar-refractivity contribution in [3.05, 3.63) is 41.2 Å². The van der Waals surface area contributed by atoms with Gasteiger partial charge in [-0.3, -0.25) is 4.79 Å². The molecule has 23 heavy (non-hydrogen) atoms. The number of nitrogen functional groups attached to an aromatic ring is 1. The van der Waals surface area contributed by atoms with Crippen molar-refractivity contribution in [1.29, 1.82) is 0 Å². The number of hydrogen-bond acceptors (Lipinski definition) is 4. The molecule has 6 nitrogen and oxygen atoms in total. The third kappa shape index (κ3) is 2.54. The second kappa shape index (κ2) is 5.91. The van der Waals surface area contributed by atoms with Crippen molar-refractivity contribution < 1.29 is 14.6 Å². The fraction of sp³-hybridized carbons (Fsp3) is 0.118. The van der Waals surface area contributed by atoms with Crippen LogP contribution in [0.3, 0.4) is 0 Å². The molecule has 0 aliphatic carbocycles. The number of aromatic amines is 1. The highest BCUT2D eigenvalue weighted by atomic mass is 16.5. The summed E-state index contributed by atoms with van der Waals surface area (Å²) >= 11 is 0. The normalized spacial score (nSPS) is 14.2. The maximum Gasteiger partial charge on any atom is 0.256 e. The SMILES string of the molecule is COc1cc[nH]c1/C=C1\C(=O)Nc2ccc(N)c(C#CCO)c21. The van der Waals surface area contributed by atoms with Crippen LogP contribution in [0.2, 0.25) is 0 Å². The van der Waals surface area contributed by atoms with Gasteiger partial charge in [-0.1, -0.05) is 11.8 Å². The van der Waals surface area contributed by atoms with Crippen LogP contribution in [-0.4, -0.2) is 29.7 Å². The number of nitrogens with two attached hydrogens (primary N) is 1. The number of benzene rings is 1. The zero-order valence-electron chi connectivity index (χ0n) is 12.4. The van der Waals surface area contributed by atoms with Gasteiger partial charge in [-0.15, -0.1) is 0 Å². The number of methoxy groups -OCH3 is 1. The summed E-state index contributed by atoms with van der Waals surface area (Å²) in [5.74, 6) is 5.79. The molecule has 2 aromatic rings. The van der Waals surface area contributed by atoms with Crippen LogP contribution in [0, 0.1) is 11.8 Å². The molecular formula is C17H15N3O3. The molecule has 3 rings (SSSR count). The molecule has 0 bridgehead atoms. The Kier molecular flexibility index (Phi) is 3.79. The lowest BCUT2D eigenvalue weighted by atomic mass is 9.98. The molecule has 0 saturated heterocycles. The van der Waals surface area contributed by atoms with Crippen LogP contribution in [-0.2, 0) is 4.79 Å². The summed E-state index contributed by atoms with van der Waals surface area (Å²) in [6.45, 7) is -0.284. The average molecular weight is 309 g/mol. The van der Waals surface area contributed by atoms with Crippen LogP contribution in [0.1, 0.15) is 16.8 Å². The second-order valence-corrected chi connectivity index (χ2v) is 4.88. The number of aromatic nitrogens is 1. The number of anilines is 2. The van der Waals surface area contributed by atoms with Gasteiger partial charge in [0.25, 0.3) is 5.91 Å². The number of ether oxygens (including phenoxy) is 1. The third-order valence-corrected chi connectivity index (χ3v) is 3.54. The van der Waals surface area contributed by atoms with E-state index in [0.717, 1.165) is 0 Å². The van der Waals surface area contributed by atoms with E-state index in [2.05, 4.69) is 22.1 Å². The van der Waals surface area contributed by atoms with Crippen molar-refractivity contribution in [2.24, 2.45) is 0 Å². The molecule has 5 N–H and O–H groups in total. The van der Waals surface area contributed by atoms with E-state index in [1.54, 1.807) is 37.6 Å². The summed E-state index contributed by atoms with van der Waals surface area (Å²) in [4.78, 5) is 15.3. The molecule has 1 amide bonds. The number of H-pyrrole nitrogens is 1. The Balaban J connectivity index is 2.20. The summed E-state index contributed by atoms with van der Waals surface area (Å²) in [5.41, 5.74) is 9.35. The van der Waals surface area contributed by atoms with Crippen LogP contribution < -0.4 is 15.8 Å². The number of fused-ring (bicyclic) bond motifs is 1. The van der Waals surface area contributed by atoms with E-state index in [-0.39, 0.29) is 12.5 Å². The number of nitrogens with one attached hydrogen (secondary N) is 2. The van der Waals surface area contributed by atoms with Crippen molar-refractivity contribution in [2.75, 3.05) is 24.8 Å². The molecule has 0 fully saturated rings. The molecule has 0 spiro atoms. The quantitative estimate of drug-likeness (QED) is 0.383. The van der Waals surface area contributed by atoms with Crippen molar-refractivity contribution in [1.82, 2.24) is 4.98 Å². The standard InChI is InChI=1S/C17H15N3O3/c1-23-15-6-7-19-14(15)9-11-16-10(3-2-8-21)12(18)4-5-13(16)20-17(11)22/h4-7,9,19,21H,8,18H2,1H3,(H,20,22)/b11-9-. The molecule has 1 aliphatic rings. The number of carbonyl (C=O) groups is 1. The molecule has 116 valence electrons. The van der Waals surface area contributed by atoms with Crippen LogP contribution in [0.15, 0.2) is 24.4 Å². The fourth-order valence-electron chi connectivity index (χ4n) is 2.51. The monoisotopic (exact) mass is 309 g/mol. The topological polar surface area (TPSA) is 100 Å². The van der Waals surface area contributed by atoms with E-state index in [4.69, 9.17) is 15.6 Å². The highest BCUT2D eigenvalue weighted by Crippen LogP contribution is 2.38. The summed E-state index contributed by atoms with van der Waals surface area (Å²) < 4.78 is 5.24. The summed E-state index contributed by atoms with van der Waals surface area (Å²) in [6, 6.07) is 5.18. The van der Waals surface area contributed by atoms with Gasteiger partial charge in [0.2, 0.25) is 0 Å². The van der Waals surface area contributed by atoms with E-state index < -0.39 is 0 Å². The molecule has 2 heterocycles. The van der Waals surface area contributed by atoms with Crippen molar-refractivity contribution in [2.45, 2.75) is 0 Å². The van der Waals surface area contributed by atoms with E-state index in [1.165, 1.54) is 0 Å². The van der Waals surface area contributed by atoms with E-state index in [9.17, 15) is 4.79 Å². The lowest BCUT2D eigenvalue weighted by molar-refractivity contribution is -0.110. The molecule has 1 aromatic heterocycles. The Labute approximate surface area is 133 Å². The van der Waals surface area contributed by atoms with E-state index in [1.807, 2.05) is 0 Å². The minimum absolute atomic E-state index is 0.241. The first-order chi connectivity index (χ1) is 11.2. The lowest BCUT2D eigenvalue weighted by Crippen LogP contribution is -2.03. The van der Waals surface area contributed by atoms with Gasteiger partial charge in [0.05, 0.1) is 29.6 Å². The maximum absolute atomic E-state index is 12.3. The maximum atomic E-state index is 12.3. The van der Waals surface area contributed by atoms with Gasteiger partial charge in [-0.25, -0.2) is 0 Å². The molecule has 0 unspecified atom stereocenters. The minimum atomic E-state index is -0.284. The highest BCUT2D eigenvalue weighted by molar-refractivity contribution is 6.35. The predicted octanol–water partition coefficient (Wildman–Crippen LogP) is 1.44. The zero-order chi connectivity index (χ0) is 16.4. The van der Waals surface area contributed by atoms with Crippen LogP contribution in [0.5, 0.6) is 5.75 Å². The Hall–Kier alpha value is -3.17. The first kappa shape index (κ1) is 14.8. The number of rotatable bonds is 2. The number of amides is 1. The number of aliphatic hydroxyl groups is 1. The number of hydrogen-bond donors (Lipinski definition) is 4. The summed E-state index contributed by atoms with van der Waals surface area (Å²) in [6.07, 6.45) is 3.42. The van der Waals surface area contributed by atoms with Gasteiger partial charge in [0, 0.05) is 17.4 Å². The van der Waals surface area contributed by atoms with Gasteiger partial charge in [-0.05, 0) is 24.3 Å². The molecule has 1 aliphatic heterocycles. The van der Waals surface area contributed by atoms with Gasteiger partial charge in [0.1, 0.15) is 12.4 Å². The van der Waals surface area contributed by atoms with Gasteiger partial charge < -0.3 is 25.9 Å². The Bertz CT molecular complexity index is 869. The van der Waals surface area contributed by atoms with Crippen LogP contribution >= 0.6 is 0 Å². The summed E-state index contributed by atoms with van der Waals surface area (Å²) in [5, 5.41) is 11.7. The molecule has 1 aromatic carbocycles. The molecule has 0 radical (unpaired) electrons. The highest BCUT2D eigenvalue weighted by Gasteiger charge is 2.28. The molecule has 0 saturated carbocycles. The Morgan fingerprint density at radius 2 is 2.22 bits per heavy atom.